The Morgan fingerprint density at radius 3 is 2.57 bits per heavy atom. The first-order valence-electron chi connectivity index (χ1n) is 8.02. The topological polar surface area (TPSA) is 57.7 Å². The summed E-state index contributed by atoms with van der Waals surface area (Å²) in [4.78, 5) is 16.6. The van der Waals surface area contributed by atoms with Gasteiger partial charge in [0.25, 0.3) is 0 Å². The number of benzene rings is 1. The number of hydrogen-bond acceptors (Lipinski definition) is 4. The zero-order valence-corrected chi connectivity index (χ0v) is 13.9. The molecule has 0 N–H and O–H groups in total. The summed E-state index contributed by atoms with van der Waals surface area (Å²) in [6.07, 6.45) is 2.88. The molecule has 1 fully saturated rings. The molecular weight excluding hydrogens is 312 g/mol. The van der Waals surface area contributed by atoms with Crippen LogP contribution in [0.3, 0.4) is 0 Å². The summed E-state index contributed by atoms with van der Waals surface area (Å²) in [5, 5.41) is 1.24. The van der Waals surface area contributed by atoms with Crippen LogP contribution in [0, 0.1) is 5.92 Å². The molecule has 1 atom stereocenters. The largest absolute Gasteiger partial charge is 0.370 e. The van der Waals surface area contributed by atoms with Gasteiger partial charge in [-0.25, -0.2) is 8.42 Å². The van der Waals surface area contributed by atoms with E-state index < -0.39 is 9.84 Å². The first kappa shape index (κ1) is 16.1. The van der Waals surface area contributed by atoms with Crippen LogP contribution in [-0.2, 0) is 14.6 Å². The minimum absolute atomic E-state index is 0.0617. The lowest BCUT2D eigenvalue weighted by Crippen LogP contribution is -2.36. The highest BCUT2D eigenvalue weighted by Gasteiger charge is 2.26. The van der Waals surface area contributed by atoms with Crippen LogP contribution in [0.4, 0.5) is 5.69 Å². The normalized spacial score (nSPS) is 23.7. The molecule has 1 aromatic carbocycles. The van der Waals surface area contributed by atoms with Crippen molar-refractivity contribution in [2.24, 2.45) is 5.92 Å². The lowest BCUT2D eigenvalue weighted by Gasteiger charge is -2.24. The van der Waals surface area contributed by atoms with E-state index in [-0.39, 0.29) is 17.6 Å². The Balaban J connectivity index is 1.56. The van der Waals surface area contributed by atoms with E-state index in [2.05, 4.69) is 17.0 Å². The van der Waals surface area contributed by atoms with Crippen molar-refractivity contribution in [1.82, 2.24) is 4.90 Å². The average Bonchev–Trinajstić information content (AvgIpc) is 2.76. The van der Waals surface area contributed by atoms with Crippen LogP contribution < -0.4 is 4.90 Å². The molecule has 0 radical (unpaired) electrons. The Kier molecular flexibility index (Phi) is 4.71. The van der Waals surface area contributed by atoms with E-state index in [9.17, 15) is 13.2 Å². The molecule has 0 saturated carbocycles. The number of hydrogen-bond donors (Lipinski definition) is 0. The molecule has 5 nitrogen and oxygen atoms in total. The van der Waals surface area contributed by atoms with Gasteiger partial charge in [0, 0.05) is 49.6 Å². The number of sulfone groups is 1. The van der Waals surface area contributed by atoms with Crippen LogP contribution >= 0.6 is 0 Å². The molecule has 6 heteroatoms. The molecule has 23 heavy (non-hydrogen) atoms. The molecule has 1 amide bonds. The van der Waals surface area contributed by atoms with E-state index in [4.69, 9.17) is 0 Å². The van der Waals surface area contributed by atoms with E-state index in [1.165, 1.54) is 11.1 Å². The van der Waals surface area contributed by atoms with Gasteiger partial charge >= 0.3 is 0 Å². The number of rotatable bonds is 3. The fourth-order valence-corrected chi connectivity index (χ4v) is 4.58. The molecule has 0 aliphatic carbocycles. The molecule has 0 unspecified atom stereocenters. The van der Waals surface area contributed by atoms with Crippen LogP contribution in [0.15, 0.2) is 41.8 Å². The van der Waals surface area contributed by atoms with Crippen molar-refractivity contribution >= 4 is 21.4 Å². The fraction of sp³-hybridized carbons (Fsp3) is 0.471. The van der Waals surface area contributed by atoms with Gasteiger partial charge in [0.05, 0.1) is 5.75 Å². The second kappa shape index (κ2) is 6.74. The number of amides is 1. The molecule has 3 rings (SSSR count). The summed E-state index contributed by atoms with van der Waals surface area (Å²) < 4.78 is 22.9. The smallest absolute Gasteiger partial charge is 0.223 e. The van der Waals surface area contributed by atoms with Gasteiger partial charge in [-0.05, 0) is 18.6 Å². The Morgan fingerprint density at radius 2 is 1.87 bits per heavy atom. The third kappa shape index (κ3) is 4.13. The molecule has 1 saturated heterocycles. The molecule has 0 aromatic heterocycles. The maximum absolute atomic E-state index is 12.4. The van der Waals surface area contributed by atoms with Crippen molar-refractivity contribution in [3.05, 3.63) is 41.8 Å². The quantitative estimate of drug-likeness (QED) is 0.844. The molecule has 2 aliphatic rings. The predicted molar refractivity (Wildman–Crippen MR) is 90.9 cm³/mol. The molecular formula is C17H22N2O3S. The van der Waals surface area contributed by atoms with E-state index in [0.717, 1.165) is 26.1 Å². The second-order valence-electron chi connectivity index (χ2n) is 6.18. The van der Waals surface area contributed by atoms with Gasteiger partial charge in [0.2, 0.25) is 5.91 Å². The van der Waals surface area contributed by atoms with Gasteiger partial charge in [-0.3, -0.25) is 4.79 Å². The summed E-state index contributed by atoms with van der Waals surface area (Å²) in [5.74, 6) is -0.0319. The summed E-state index contributed by atoms with van der Waals surface area (Å²) >= 11 is 0. The lowest BCUT2D eigenvalue weighted by molar-refractivity contribution is -0.131. The molecule has 0 bridgehead atoms. The Bertz CT molecular complexity index is 685. The summed E-state index contributed by atoms with van der Waals surface area (Å²) in [7, 11) is -3.08. The fourth-order valence-electron chi connectivity index (χ4n) is 3.18. The van der Waals surface area contributed by atoms with Crippen molar-refractivity contribution in [1.29, 1.82) is 0 Å². The number of allylic oxidation sites excluding steroid dienone is 1. The number of nitrogens with zero attached hydrogens (tertiary/aromatic N) is 2. The second-order valence-corrected chi connectivity index (χ2v) is 8.11. The Labute approximate surface area is 137 Å². The van der Waals surface area contributed by atoms with Crippen LogP contribution in [0.5, 0.6) is 0 Å². The van der Waals surface area contributed by atoms with Crippen molar-refractivity contribution < 1.29 is 13.2 Å². The highest BCUT2D eigenvalue weighted by Crippen LogP contribution is 2.21. The van der Waals surface area contributed by atoms with Crippen LogP contribution in [0.25, 0.3) is 0 Å². The number of carbonyl (C=O) groups excluding carboxylic acids is 1. The van der Waals surface area contributed by atoms with Gasteiger partial charge in [-0.1, -0.05) is 24.3 Å². The average molecular weight is 334 g/mol. The molecule has 0 spiro atoms. The highest BCUT2D eigenvalue weighted by atomic mass is 32.2. The van der Waals surface area contributed by atoms with E-state index in [0.29, 0.717) is 13.0 Å². The lowest BCUT2D eigenvalue weighted by atomic mass is 10.1. The predicted octanol–water partition coefficient (Wildman–Crippen LogP) is 1.67. The summed E-state index contributed by atoms with van der Waals surface area (Å²) in [6.45, 7) is 3.18. The number of anilines is 1. The minimum atomic E-state index is -3.08. The minimum Gasteiger partial charge on any atom is -0.370 e. The standard InChI is InChI=1S/C17H22N2O3S/c20-17(13-15-7-12-23(21,22)14-15)19-9-4-8-18(10-11-19)16-5-2-1-3-6-16/h1-3,5-7,12,15H,4,8-11,13-14H2/t15-/m1/s1. The van der Waals surface area contributed by atoms with Crippen LogP contribution in [-0.4, -0.2) is 51.2 Å². The molecule has 2 aliphatic heterocycles. The van der Waals surface area contributed by atoms with Crippen LogP contribution in [0.1, 0.15) is 12.8 Å². The van der Waals surface area contributed by atoms with E-state index >= 15 is 0 Å². The number of carbonyl (C=O) groups is 1. The summed E-state index contributed by atoms with van der Waals surface area (Å²) in [5.41, 5.74) is 1.19. The first-order chi connectivity index (χ1) is 11.0. The zero-order valence-electron chi connectivity index (χ0n) is 13.1. The van der Waals surface area contributed by atoms with Crippen molar-refractivity contribution in [2.45, 2.75) is 12.8 Å². The van der Waals surface area contributed by atoms with Gasteiger partial charge in [0.1, 0.15) is 0 Å². The van der Waals surface area contributed by atoms with Gasteiger partial charge in [-0.15, -0.1) is 0 Å². The Morgan fingerprint density at radius 1 is 1.09 bits per heavy atom. The monoisotopic (exact) mass is 334 g/mol. The van der Waals surface area contributed by atoms with Gasteiger partial charge in [-0.2, -0.15) is 0 Å². The molecule has 1 aromatic rings. The number of para-hydroxylation sites is 1. The van der Waals surface area contributed by atoms with Crippen molar-refractivity contribution in [3.8, 4) is 0 Å². The first-order valence-corrected chi connectivity index (χ1v) is 9.74. The molecule has 124 valence electrons. The van der Waals surface area contributed by atoms with E-state index in [1.54, 1.807) is 6.08 Å². The maximum Gasteiger partial charge on any atom is 0.223 e. The van der Waals surface area contributed by atoms with Crippen molar-refractivity contribution in [3.63, 3.8) is 0 Å². The SMILES string of the molecule is O=C(C[C@H]1C=CS(=O)(=O)C1)N1CCCN(c2ccccc2)CC1. The van der Waals surface area contributed by atoms with Gasteiger partial charge in [0.15, 0.2) is 9.84 Å². The van der Waals surface area contributed by atoms with Gasteiger partial charge < -0.3 is 9.80 Å². The molecule has 2 heterocycles. The van der Waals surface area contributed by atoms with Crippen LogP contribution in [0.2, 0.25) is 0 Å². The summed E-state index contributed by atoms with van der Waals surface area (Å²) in [6, 6.07) is 10.2. The third-order valence-electron chi connectivity index (χ3n) is 4.41. The maximum atomic E-state index is 12.4. The highest BCUT2D eigenvalue weighted by molar-refractivity contribution is 7.94. The van der Waals surface area contributed by atoms with Crippen molar-refractivity contribution in [2.75, 3.05) is 36.8 Å². The zero-order chi connectivity index (χ0) is 16.3. The van der Waals surface area contributed by atoms with E-state index in [1.807, 2.05) is 23.1 Å². The third-order valence-corrected chi connectivity index (χ3v) is 5.88. The Hall–Kier alpha value is -1.82.